The molecular weight excluding hydrogens is 420 g/mol. The Morgan fingerprint density at radius 3 is 2.47 bits per heavy atom. The van der Waals surface area contributed by atoms with Crippen LogP contribution in [-0.4, -0.2) is 53.1 Å². The van der Waals surface area contributed by atoms with Crippen molar-refractivity contribution in [3.8, 4) is 0 Å². The van der Waals surface area contributed by atoms with Gasteiger partial charge in [-0.25, -0.2) is 8.42 Å². The normalized spacial score (nSPS) is 15.4. The van der Waals surface area contributed by atoms with Crippen molar-refractivity contribution in [1.82, 2.24) is 5.32 Å². The first-order valence-corrected chi connectivity index (χ1v) is 12.0. The van der Waals surface area contributed by atoms with Gasteiger partial charge in [-0.2, -0.15) is 0 Å². The SMILES string of the molecule is CC(NC(=S)Nc1cccc(N(C)S(C)(=O)=O)c1)c1ccc(N2CCOCC2)cc1. The number of anilines is 3. The summed E-state index contributed by atoms with van der Waals surface area (Å²) in [6.45, 7) is 5.40. The van der Waals surface area contributed by atoms with E-state index in [9.17, 15) is 8.42 Å². The van der Waals surface area contributed by atoms with Crippen LogP contribution in [0.1, 0.15) is 18.5 Å². The van der Waals surface area contributed by atoms with Crippen LogP contribution < -0.4 is 19.8 Å². The van der Waals surface area contributed by atoms with Crippen LogP contribution in [0.25, 0.3) is 0 Å². The number of hydrogen-bond donors (Lipinski definition) is 2. The molecule has 0 spiro atoms. The second-order valence-electron chi connectivity index (χ2n) is 7.29. The Bertz CT molecular complexity index is 974. The van der Waals surface area contributed by atoms with E-state index in [0.29, 0.717) is 10.8 Å². The molecule has 0 aliphatic carbocycles. The molecule has 1 aliphatic rings. The van der Waals surface area contributed by atoms with E-state index in [-0.39, 0.29) is 6.04 Å². The van der Waals surface area contributed by atoms with E-state index in [1.54, 1.807) is 18.2 Å². The van der Waals surface area contributed by atoms with E-state index in [1.807, 2.05) is 13.0 Å². The predicted octanol–water partition coefficient (Wildman–Crippen LogP) is 2.97. The van der Waals surface area contributed by atoms with Crippen molar-refractivity contribution in [3.63, 3.8) is 0 Å². The van der Waals surface area contributed by atoms with Crippen LogP contribution in [0, 0.1) is 0 Å². The molecule has 1 aliphatic heterocycles. The maximum atomic E-state index is 11.8. The molecule has 162 valence electrons. The molecule has 0 aromatic heterocycles. The van der Waals surface area contributed by atoms with Crippen molar-refractivity contribution in [2.24, 2.45) is 0 Å². The van der Waals surface area contributed by atoms with Crippen LogP contribution in [-0.2, 0) is 14.8 Å². The van der Waals surface area contributed by atoms with Crippen molar-refractivity contribution in [2.75, 3.05) is 54.1 Å². The minimum absolute atomic E-state index is 0.0191. The third kappa shape index (κ3) is 5.84. The summed E-state index contributed by atoms with van der Waals surface area (Å²) in [7, 11) is -1.80. The Morgan fingerprint density at radius 1 is 1.17 bits per heavy atom. The van der Waals surface area contributed by atoms with Crippen LogP contribution >= 0.6 is 12.2 Å². The van der Waals surface area contributed by atoms with Gasteiger partial charge in [0.2, 0.25) is 10.0 Å². The fourth-order valence-electron chi connectivity index (χ4n) is 3.21. The molecule has 0 bridgehead atoms. The smallest absolute Gasteiger partial charge is 0.231 e. The van der Waals surface area contributed by atoms with Crippen molar-refractivity contribution in [2.45, 2.75) is 13.0 Å². The van der Waals surface area contributed by atoms with Crippen molar-refractivity contribution in [3.05, 3.63) is 54.1 Å². The van der Waals surface area contributed by atoms with Crippen molar-refractivity contribution < 1.29 is 13.2 Å². The van der Waals surface area contributed by atoms with Gasteiger partial charge in [-0.1, -0.05) is 18.2 Å². The molecule has 1 fully saturated rings. The number of thiocarbonyl (C=S) groups is 1. The highest BCUT2D eigenvalue weighted by Gasteiger charge is 2.14. The first-order valence-electron chi connectivity index (χ1n) is 9.78. The molecule has 2 aromatic rings. The quantitative estimate of drug-likeness (QED) is 0.658. The third-order valence-corrected chi connectivity index (χ3v) is 6.51. The fourth-order valence-corrected chi connectivity index (χ4v) is 4.00. The average molecular weight is 449 g/mol. The summed E-state index contributed by atoms with van der Waals surface area (Å²) in [6.07, 6.45) is 1.17. The Labute approximate surface area is 184 Å². The number of nitrogens with zero attached hydrogens (tertiary/aromatic N) is 2. The largest absolute Gasteiger partial charge is 0.378 e. The highest BCUT2D eigenvalue weighted by atomic mass is 32.2. The van der Waals surface area contributed by atoms with E-state index in [4.69, 9.17) is 17.0 Å². The summed E-state index contributed by atoms with van der Waals surface area (Å²) in [5.41, 5.74) is 3.61. The first kappa shape index (κ1) is 22.3. The molecule has 0 amide bonds. The van der Waals surface area contributed by atoms with E-state index in [1.165, 1.54) is 23.3 Å². The minimum atomic E-state index is -3.32. The highest BCUT2D eigenvalue weighted by molar-refractivity contribution is 7.92. The van der Waals surface area contributed by atoms with Crippen LogP contribution in [0.2, 0.25) is 0 Å². The molecule has 1 unspecified atom stereocenters. The molecule has 2 aromatic carbocycles. The second-order valence-corrected chi connectivity index (χ2v) is 9.71. The van der Waals surface area contributed by atoms with E-state index in [0.717, 1.165) is 37.6 Å². The third-order valence-electron chi connectivity index (χ3n) is 5.08. The van der Waals surface area contributed by atoms with Crippen molar-refractivity contribution in [1.29, 1.82) is 0 Å². The summed E-state index contributed by atoms with van der Waals surface area (Å²) < 4.78 is 30.1. The number of morpholine rings is 1. The fraction of sp³-hybridized carbons (Fsp3) is 0.381. The minimum Gasteiger partial charge on any atom is -0.378 e. The monoisotopic (exact) mass is 448 g/mol. The van der Waals surface area contributed by atoms with Gasteiger partial charge in [0, 0.05) is 31.5 Å². The standard InChI is InChI=1S/C21H28N4O3S2/c1-16(17-7-9-19(10-8-17)25-11-13-28-14-12-25)22-21(29)23-18-5-4-6-20(15-18)24(2)30(3,26)27/h4-10,15-16H,11-14H2,1-3H3,(H2,22,23,29). The molecule has 9 heteroatoms. The number of rotatable bonds is 6. The average Bonchev–Trinajstić information content (AvgIpc) is 2.73. The van der Waals surface area contributed by atoms with Crippen LogP contribution in [0.5, 0.6) is 0 Å². The van der Waals surface area contributed by atoms with Gasteiger partial charge in [-0.15, -0.1) is 0 Å². The molecule has 1 saturated heterocycles. The summed E-state index contributed by atoms with van der Waals surface area (Å²) >= 11 is 5.45. The van der Waals surface area contributed by atoms with Crippen LogP contribution in [0.15, 0.2) is 48.5 Å². The number of nitrogens with one attached hydrogen (secondary N) is 2. The second kappa shape index (κ2) is 9.63. The number of benzene rings is 2. The molecule has 1 heterocycles. The van der Waals surface area contributed by atoms with E-state index < -0.39 is 10.0 Å². The van der Waals surface area contributed by atoms with Gasteiger partial charge in [0.15, 0.2) is 5.11 Å². The lowest BCUT2D eigenvalue weighted by molar-refractivity contribution is 0.122. The maximum Gasteiger partial charge on any atom is 0.231 e. The Morgan fingerprint density at radius 2 is 1.83 bits per heavy atom. The highest BCUT2D eigenvalue weighted by Crippen LogP contribution is 2.22. The predicted molar refractivity (Wildman–Crippen MR) is 127 cm³/mol. The number of hydrogen-bond acceptors (Lipinski definition) is 5. The summed E-state index contributed by atoms with van der Waals surface area (Å²) in [5, 5.41) is 6.88. The summed E-state index contributed by atoms with van der Waals surface area (Å²) in [5.74, 6) is 0. The van der Waals surface area contributed by atoms with Gasteiger partial charge < -0.3 is 20.3 Å². The number of sulfonamides is 1. The molecule has 2 N–H and O–H groups in total. The first-order chi connectivity index (χ1) is 14.2. The molecule has 7 nitrogen and oxygen atoms in total. The number of ether oxygens (including phenoxy) is 1. The summed E-state index contributed by atoms with van der Waals surface area (Å²) in [4.78, 5) is 2.32. The molecule has 0 radical (unpaired) electrons. The van der Waals surface area contributed by atoms with E-state index in [2.05, 4.69) is 39.8 Å². The lowest BCUT2D eigenvalue weighted by Crippen LogP contribution is -2.36. The lowest BCUT2D eigenvalue weighted by Gasteiger charge is -2.29. The zero-order chi connectivity index (χ0) is 21.7. The summed E-state index contributed by atoms with van der Waals surface area (Å²) in [6, 6.07) is 15.6. The van der Waals surface area contributed by atoms with Crippen molar-refractivity contribution >= 4 is 44.4 Å². The maximum absolute atomic E-state index is 11.8. The Hall–Kier alpha value is -2.36. The van der Waals surface area contributed by atoms with Gasteiger partial charge in [0.25, 0.3) is 0 Å². The molecular formula is C21H28N4O3S2. The zero-order valence-corrected chi connectivity index (χ0v) is 19.1. The topological polar surface area (TPSA) is 73.9 Å². The van der Waals surface area contributed by atoms with Gasteiger partial charge in [-0.3, -0.25) is 4.31 Å². The van der Waals surface area contributed by atoms with E-state index >= 15 is 0 Å². The lowest BCUT2D eigenvalue weighted by atomic mass is 10.1. The van der Waals surface area contributed by atoms with Crippen LogP contribution in [0.3, 0.4) is 0 Å². The zero-order valence-electron chi connectivity index (χ0n) is 17.5. The Balaban J connectivity index is 1.59. The Kier molecular flexibility index (Phi) is 7.17. The molecule has 1 atom stereocenters. The van der Waals surface area contributed by atoms with Gasteiger partial charge in [0.1, 0.15) is 0 Å². The molecule has 0 saturated carbocycles. The van der Waals surface area contributed by atoms with Gasteiger partial charge >= 0.3 is 0 Å². The van der Waals surface area contributed by atoms with Crippen LogP contribution in [0.4, 0.5) is 17.1 Å². The van der Waals surface area contributed by atoms with Gasteiger partial charge in [0.05, 0.1) is 31.2 Å². The van der Waals surface area contributed by atoms with Gasteiger partial charge in [-0.05, 0) is 55.0 Å². The molecule has 3 rings (SSSR count). The molecule has 30 heavy (non-hydrogen) atoms.